The van der Waals surface area contributed by atoms with Crippen molar-refractivity contribution >= 4 is 21.7 Å². The molecule has 3 heterocycles. The molecule has 1 saturated heterocycles. The molecule has 0 aliphatic carbocycles. The summed E-state index contributed by atoms with van der Waals surface area (Å²) in [5, 5.41) is 4.44. The molecule has 0 N–H and O–H groups in total. The number of anilines is 1. The minimum Gasteiger partial charge on any atom is -0.353 e. The number of aromatic nitrogens is 3. The predicted molar refractivity (Wildman–Crippen MR) is 130 cm³/mol. The zero-order valence-corrected chi connectivity index (χ0v) is 20.8. The zero-order valence-electron chi connectivity index (χ0n) is 20.0. The van der Waals surface area contributed by atoms with E-state index in [1.807, 2.05) is 47.4 Å². The van der Waals surface area contributed by atoms with Gasteiger partial charge in [-0.25, -0.2) is 17.7 Å². The number of aryl methyl sites for hydroxylation is 1. The van der Waals surface area contributed by atoms with E-state index < -0.39 is 10.0 Å². The Bertz CT molecular complexity index is 1260. The van der Waals surface area contributed by atoms with Gasteiger partial charge in [0.05, 0.1) is 17.9 Å². The van der Waals surface area contributed by atoms with Crippen molar-refractivity contribution in [2.24, 2.45) is 0 Å². The van der Waals surface area contributed by atoms with Crippen LogP contribution < -0.4 is 4.90 Å². The van der Waals surface area contributed by atoms with E-state index in [0.717, 1.165) is 24.5 Å². The van der Waals surface area contributed by atoms with Crippen LogP contribution in [-0.4, -0.2) is 78.6 Å². The van der Waals surface area contributed by atoms with E-state index in [4.69, 9.17) is 0 Å². The summed E-state index contributed by atoms with van der Waals surface area (Å²) in [5.74, 6) is 0.947. The van der Waals surface area contributed by atoms with Crippen LogP contribution in [0.3, 0.4) is 0 Å². The molecule has 9 nitrogen and oxygen atoms in total. The van der Waals surface area contributed by atoms with Gasteiger partial charge in [-0.1, -0.05) is 18.2 Å². The van der Waals surface area contributed by atoms with E-state index in [1.54, 1.807) is 24.7 Å². The van der Waals surface area contributed by atoms with Gasteiger partial charge in [0, 0.05) is 52.0 Å². The Hall–Kier alpha value is -3.24. The van der Waals surface area contributed by atoms with Gasteiger partial charge in [-0.15, -0.1) is 0 Å². The van der Waals surface area contributed by atoms with Crippen molar-refractivity contribution in [2.75, 3.05) is 45.2 Å². The number of nitrogens with zero attached hydrogens (tertiary/aromatic N) is 6. The molecule has 1 amide bonds. The van der Waals surface area contributed by atoms with Gasteiger partial charge >= 0.3 is 0 Å². The normalized spacial score (nSPS) is 14.6. The van der Waals surface area contributed by atoms with Crippen LogP contribution in [0, 0.1) is 13.8 Å². The topological polar surface area (TPSA) is 91.6 Å². The molecule has 0 spiro atoms. The van der Waals surface area contributed by atoms with Crippen LogP contribution in [0.5, 0.6) is 0 Å². The van der Waals surface area contributed by atoms with Gasteiger partial charge < -0.3 is 9.80 Å². The van der Waals surface area contributed by atoms with Crippen molar-refractivity contribution in [3.05, 3.63) is 71.2 Å². The molecular formula is C24H30N6O3S. The van der Waals surface area contributed by atoms with E-state index in [-0.39, 0.29) is 10.8 Å². The number of benzene rings is 1. The second-order valence-electron chi connectivity index (χ2n) is 8.61. The van der Waals surface area contributed by atoms with Crippen LogP contribution >= 0.6 is 0 Å². The molecule has 180 valence electrons. The van der Waals surface area contributed by atoms with Crippen molar-refractivity contribution < 1.29 is 13.2 Å². The van der Waals surface area contributed by atoms with E-state index in [1.165, 1.54) is 18.4 Å². The van der Waals surface area contributed by atoms with Crippen LogP contribution in [0.4, 0.5) is 5.82 Å². The number of pyridine rings is 1. The Morgan fingerprint density at radius 3 is 2.26 bits per heavy atom. The lowest BCUT2D eigenvalue weighted by Gasteiger charge is -2.35. The molecule has 1 aromatic carbocycles. The summed E-state index contributed by atoms with van der Waals surface area (Å²) in [6.45, 7) is 6.67. The number of piperazine rings is 1. The minimum atomic E-state index is -3.57. The lowest BCUT2D eigenvalue weighted by molar-refractivity contribution is 0.0746. The maximum absolute atomic E-state index is 13.0. The molecule has 0 atom stereocenters. The van der Waals surface area contributed by atoms with Gasteiger partial charge in [0.15, 0.2) is 0 Å². The summed E-state index contributed by atoms with van der Waals surface area (Å²) in [7, 11) is -0.542. The smallest absolute Gasteiger partial charge is 0.253 e. The third kappa shape index (κ3) is 4.69. The third-order valence-electron chi connectivity index (χ3n) is 6.13. The van der Waals surface area contributed by atoms with E-state index in [0.29, 0.717) is 36.6 Å². The van der Waals surface area contributed by atoms with Crippen molar-refractivity contribution in [2.45, 2.75) is 25.3 Å². The number of hydrogen-bond donors (Lipinski definition) is 0. The molecular weight excluding hydrogens is 452 g/mol. The average molecular weight is 483 g/mol. The molecule has 0 radical (unpaired) electrons. The highest BCUT2D eigenvalue weighted by Gasteiger charge is 2.27. The maximum Gasteiger partial charge on any atom is 0.253 e. The number of rotatable bonds is 6. The highest BCUT2D eigenvalue weighted by Crippen LogP contribution is 2.23. The first kappa shape index (κ1) is 23.9. The molecule has 0 bridgehead atoms. The first-order valence-corrected chi connectivity index (χ1v) is 12.6. The van der Waals surface area contributed by atoms with E-state index in [9.17, 15) is 13.2 Å². The van der Waals surface area contributed by atoms with Crippen LogP contribution in [0.1, 0.15) is 27.3 Å². The third-order valence-corrected chi connectivity index (χ3v) is 8.20. The molecule has 1 aliphatic heterocycles. The molecule has 2 aromatic heterocycles. The van der Waals surface area contributed by atoms with Crippen molar-refractivity contribution in [3.63, 3.8) is 0 Å². The number of carbonyl (C=O) groups is 1. The Morgan fingerprint density at radius 1 is 1.00 bits per heavy atom. The molecule has 34 heavy (non-hydrogen) atoms. The molecule has 1 fully saturated rings. The van der Waals surface area contributed by atoms with Gasteiger partial charge in [0.2, 0.25) is 10.0 Å². The van der Waals surface area contributed by atoms with Crippen LogP contribution in [0.2, 0.25) is 0 Å². The quantitative estimate of drug-likeness (QED) is 0.535. The van der Waals surface area contributed by atoms with Gasteiger partial charge in [0.25, 0.3) is 5.91 Å². The fourth-order valence-electron chi connectivity index (χ4n) is 4.18. The summed E-state index contributed by atoms with van der Waals surface area (Å²) in [6.07, 6.45) is 1.78. The fraction of sp³-hybridized carbons (Fsp3) is 0.375. The highest BCUT2D eigenvalue weighted by atomic mass is 32.2. The summed E-state index contributed by atoms with van der Waals surface area (Å²) < 4.78 is 28.2. The summed E-state index contributed by atoms with van der Waals surface area (Å²) in [4.78, 5) is 21.7. The number of carbonyl (C=O) groups excluding carboxylic acids is 1. The lowest BCUT2D eigenvalue weighted by atomic mass is 10.1. The first-order valence-electron chi connectivity index (χ1n) is 11.2. The monoisotopic (exact) mass is 482 g/mol. The van der Waals surface area contributed by atoms with Gasteiger partial charge in [-0.2, -0.15) is 5.10 Å². The highest BCUT2D eigenvalue weighted by molar-refractivity contribution is 7.89. The molecule has 0 saturated carbocycles. The SMILES string of the molecule is Cc1nn(Cc2ccc(C(=O)N3CCN(c4ccccn4)CC3)cc2)c(C)c1S(=O)(=O)N(C)C. The molecule has 0 unspecified atom stereocenters. The number of sulfonamides is 1. The van der Waals surface area contributed by atoms with Crippen molar-refractivity contribution in [1.29, 1.82) is 0 Å². The van der Waals surface area contributed by atoms with Gasteiger partial charge in [-0.05, 0) is 43.7 Å². The maximum atomic E-state index is 13.0. The molecule has 10 heteroatoms. The second-order valence-corrected chi connectivity index (χ2v) is 10.7. The predicted octanol–water partition coefficient (Wildman–Crippen LogP) is 2.16. The zero-order chi connectivity index (χ0) is 24.5. The molecule has 1 aliphatic rings. The van der Waals surface area contributed by atoms with Crippen molar-refractivity contribution in [1.82, 2.24) is 24.0 Å². The Morgan fingerprint density at radius 2 is 1.68 bits per heavy atom. The Labute approximate surface area is 200 Å². The average Bonchev–Trinajstić information content (AvgIpc) is 3.12. The van der Waals surface area contributed by atoms with Crippen LogP contribution in [0.25, 0.3) is 0 Å². The van der Waals surface area contributed by atoms with Gasteiger partial charge in [-0.3, -0.25) is 9.48 Å². The van der Waals surface area contributed by atoms with E-state index in [2.05, 4.69) is 15.0 Å². The largest absolute Gasteiger partial charge is 0.353 e. The summed E-state index contributed by atoms with van der Waals surface area (Å²) >= 11 is 0. The van der Waals surface area contributed by atoms with Crippen LogP contribution in [-0.2, 0) is 16.6 Å². The number of amides is 1. The Balaban J connectivity index is 1.42. The first-order chi connectivity index (χ1) is 16.2. The fourth-order valence-corrected chi connectivity index (χ4v) is 5.44. The van der Waals surface area contributed by atoms with Gasteiger partial charge in [0.1, 0.15) is 10.7 Å². The summed E-state index contributed by atoms with van der Waals surface area (Å²) in [5.41, 5.74) is 2.65. The number of hydrogen-bond acceptors (Lipinski definition) is 6. The molecule has 4 rings (SSSR count). The van der Waals surface area contributed by atoms with E-state index >= 15 is 0 Å². The summed E-state index contributed by atoms with van der Waals surface area (Å²) in [6, 6.07) is 13.3. The second kappa shape index (κ2) is 9.55. The Kier molecular flexibility index (Phi) is 6.72. The van der Waals surface area contributed by atoms with Crippen LogP contribution in [0.15, 0.2) is 53.6 Å². The molecule has 3 aromatic rings. The van der Waals surface area contributed by atoms with Crippen molar-refractivity contribution in [3.8, 4) is 0 Å². The lowest BCUT2D eigenvalue weighted by Crippen LogP contribution is -2.49. The standard InChI is InChI=1S/C24H30N6O3S/c1-18-23(34(32,33)27(3)4)19(2)30(26-18)17-20-8-10-21(11-9-20)24(31)29-15-13-28(14-16-29)22-7-5-6-12-25-22/h5-12H,13-17H2,1-4H3. The minimum absolute atomic E-state index is 0.0118.